The fourth-order valence-electron chi connectivity index (χ4n) is 3.32. The predicted octanol–water partition coefficient (Wildman–Crippen LogP) is 6.58. The molecule has 0 spiro atoms. The van der Waals surface area contributed by atoms with Crippen molar-refractivity contribution in [3.8, 4) is 0 Å². The van der Waals surface area contributed by atoms with Gasteiger partial charge in [-0.3, -0.25) is 4.79 Å². The summed E-state index contributed by atoms with van der Waals surface area (Å²) in [6.07, 6.45) is 19.8. The van der Waals surface area contributed by atoms with Crippen LogP contribution in [0.4, 0.5) is 0 Å². The van der Waals surface area contributed by atoms with Crippen molar-refractivity contribution in [2.45, 2.75) is 129 Å². The van der Waals surface area contributed by atoms with Gasteiger partial charge in [0, 0.05) is 13.0 Å². The van der Waals surface area contributed by atoms with Crippen molar-refractivity contribution in [3.63, 3.8) is 0 Å². The lowest BCUT2D eigenvalue weighted by Gasteiger charge is -2.15. The van der Waals surface area contributed by atoms with Gasteiger partial charge in [-0.25, -0.2) is 0 Å². The summed E-state index contributed by atoms with van der Waals surface area (Å²) in [6, 6.07) is 0. The van der Waals surface area contributed by atoms with Crippen molar-refractivity contribution in [1.29, 1.82) is 0 Å². The third kappa shape index (κ3) is 20.1. The van der Waals surface area contributed by atoms with E-state index in [0.717, 1.165) is 19.3 Å². The molecule has 4 heteroatoms. The maximum Gasteiger partial charge on any atom is 0.306 e. The minimum Gasteiger partial charge on any atom is -0.457 e. The van der Waals surface area contributed by atoms with E-state index >= 15 is 0 Å². The standard InChI is InChI=1S/C24H48O4/c1-3-5-7-9-11-13-15-17-19-24(26)28-23(21-25)22-27-20-18-16-14-12-10-8-6-4-2/h23,25H,3-22H2,1-2H3. The highest BCUT2D eigenvalue weighted by molar-refractivity contribution is 5.69. The van der Waals surface area contributed by atoms with Gasteiger partial charge in [-0.1, -0.05) is 104 Å². The van der Waals surface area contributed by atoms with Crippen LogP contribution in [0.25, 0.3) is 0 Å². The molecule has 0 saturated heterocycles. The Hall–Kier alpha value is -0.610. The molecule has 0 radical (unpaired) electrons. The van der Waals surface area contributed by atoms with Crippen LogP contribution in [0.2, 0.25) is 0 Å². The van der Waals surface area contributed by atoms with Gasteiger partial charge < -0.3 is 14.6 Å². The average molecular weight is 401 g/mol. The van der Waals surface area contributed by atoms with Crippen molar-refractivity contribution in [2.24, 2.45) is 0 Å². The Morgan fingerprint density at radius 1 is 0.714 bits per heavy atom. The highest BCUT2D eigenvalue weighted by Crippen LogP contribution is 2.11. The Kier molecular flexibility index (Phi) is 22.2. The van der Waals surface area contributed by atoms with Gasteiger partial charge in [-0.2, -0.15) is 0 Å². The Labute approximate surface area is 174 Å². The van der Waals surface area contributed by atoms with E-state index in [-0.39, 0.29) is 12.6 Å². The second kappa shape index (κ2) is 22.7. The number of rotatable bonds is 22. The van der Waals surface area contributed by atoms with Gasteiger partial charge in [-0.15, -0.1) is 0 Å². The number of hydrogen-bond acceptors (Lipinski definition) is 4. The van der Waals surface area contributed by atoms with Crippen LogP contribution in [-0.2, 0) is 14.3 Å². The zero-order valence-electron chi connectivity index (χ0n) is 18.9. The number of unbranched alkanes of at least 4 members (excludes halogenated alkanes) is 14. The van der Waals surface area contributed by atoms with Crippen LogP contribution in [0, 0.1) is 0 Å². The first-order valence-corrected chi connectivity index (χ1v) is 12.1. The van der Waals surface area contributed by atoms with Crippen LogP contribution < -0.4 is 0 Å². The highest BCUT2D eigenvalue weighted by Gasteiger charge is 2.13. The van der Waals surface area contributed by atoms with Gasteiger partial charge in [0.15, 0.2) is 0 Å². The number of aliphatic hydroxyl groups is 1. The van der Waals surface area contributed by atoms with E-state index in [2.05, 4.69) is 13.8 Å². The number of hydrogen-bond donors (Lipinski definition) is 1. The number of carbonyl (C=O) groups is 1. The smallest absolute Gasteiger partial charge is 0.306 e. The normalized spacial score (nSPS) is 12.2. The first-order chi connectivity index (χ1) is 13.7. The van der Waals surface area contributed by atoms with E-state index in [1.807, 2.05) is 0 Å². The molecule has 0 rings (SSSR count). The summed E-state index contributed by atoms with van der Waals surface area (Å²) in [5.41, 5.74) is 0. The molecular formula is C24H48O4. The van der Waals surface area contributed by atoms with Crippen LogP contribution in [0.3, 0.4) is 0 Å². The molecule has 1 atom stereocenters. The van der Waals surface area contributed by atoms with Gasteiger partial charge in [0.1, 0.15) is 6.10 Å². The van der Waals surface area contributed by atoms with Gasteiger partial charge in [0.25, 0.3) is 0 Å². The van der Waals surface area contributed by atoms with Crippen LogP contribution >= 0.6 is 0 Å². The molecule has 0 saturated carbocycles. The van der Waals surface area contributed by atoms with Gasteiger partial charge in [0.05, 0.1) is 13.2 Å². The molecule has 0 aliphatic heterocycles. The lowest BCUT2D eigenvalue weighted by Crippen LogP contribution is -2.27. The van der Waals surface area contributed by atoms with E-state index in [0.29, 0.717) is 19.6 Å². The van der Waals surface area contributed by atoms with Gasteiger partial charge in [-0.05, 0) is 12.8 Å². The van der Waals surface area contributed by atoms with E-state index in [1.165, 1.54) is 83.5 Å². The SMILES string of the molecule is CCCCCCCCCCOCC(CO)OC(=O)CCCCCCCCCC. The second-order valence-corrected chi connectivity index (χ2v) is 8.07. The van der Waals surface area contributed by atoms with Crippen LogP contribution in [0.5, 0.6) is 0 Å². The summed E-state index contributed by atoms with van der Waals surface area (Å²) >= 11 is 0. The number of esters is 1. The molecule has 0 heterocycles. The zero-order valence-corrected chi connectivity index (χ0v) is 18.9. The van der Waals surface area contributed by atoms with E-state index < -0.39 is 6.10 Å². The third-order valence-electron chi connectivity index (χ3n) is 5.18. The number of ether oxygens (including phenoxy) is 2. The average Bonchev–Trinajstić information content (AvgIpc) is 2.70. The van der Waals surface area contributed by atoms with Crippen molar-refractivity contribution in [1.82, 2.24) is 0 Å². The summed E-state index contributed by atoms with van der Waals surface area (Å²) in [4.78, 5) is 11.9. The Bertz CT molecular complexity index is 320. The Morgan fingerprint density at radius 3 is 1.68 bits per heavy atom. The van der Waals surface area contributed by atoms with Crippen LogP contribution in [-0.4, -0.2) is 37.0 Å². The maximum atomic E-state index is 11.9. The molecule has 0 aromatic rings. The lowest BCUT2D eigenvalue weighted by molar-refractivity contribution is -0.154. The van der Waals surface area contributed by atoms with Crippen molar-refractivity contribution in [3.05, 3.63) is 0 Å². The second-order valence-electron chi connectivity index (χ2n) is 8.07. The molecular weight excluding hydrogens is 352 g/mol. The Balaban J connectivity index is 3.47. The maximum absolute atomic E-state index is 11.9. The fourth-order valence-corrected chi connectivity index (χ4v) is 3.32. The topological polar surface area (TPSA) is 55.8 Å². The minimum atomic E-state index is -0.518. The molecule has 4 nitrogen and oxygen atoms in total. The first-order valence-electron chi connectivity index (χ1n) is 12.1. The molecule has 1 N–H and O–H groups in total. The Morgan fingerprint density at radius 2 is 1.18 bits per heavy atom. The largest absolute Gasteiger partial charge is 0.457 e. The molecule has 0 aromatic carbocycles. The predicted molar refractivity (Wildman–Crippen MR) is 118 cm³/mol. The minimum absolute atomic E-state index is 0.166. The molecule has 0 amide bonds. The highest BCUT2D eigenvalue weighted by atomic mass is 16.6. The first kappa shape index (κ1) is 27.4. The quantitative estimate of drug-likeness (QED) is 0.165. The zero-order chi connectivity index (χ0) is 20.7. The molecule has 0 bridgehead atoms. The molecule has 0 aliphatic rings. The summed E-state index contributed by atoms with van der Waals surface area (Å²) < 4.78 is 10.9. The van der Waals surface area contributed by atoms with E-state index in [1.54, 1.807) is 0 Å². The molecule has 0 aliphatic carbocycles. The molecule has 0 aromatic heterocycles. The van der Waals surface area contributed by atoms with Crippen molar-refractivity contribution in [2.75, 3.05) is 19.8 Å². The van der Waals surface area contributed by atoms with Gasteiger partial charge in [0.2, 0.25) is 0 Å². The summed E-state index contributed by atoms with van der Waals surface area (Å²) in [6.45, 7) is 5.29. The van der Waals surface area contributed by atoms with E-state index in [9.17, 15) is 9.90 Å². The number of aliphatic hydroxyl groups excluding tert-OH is 1. The molecule has 1 unspecified atom stereocenters. The summed E-state index contributed by atoms with van der Waals surface area (Å²) in [5.74, 6) is -0.208. The molecule has 0 fully saturated rings. The van der Waals surface area contributed by atoms with Crippen LogP contribution in [0.15, 0.2) is 0 Å². The lowest BCUT2D eigenvalue weighted by atomic mass is 10.1. The number of carbonyl (C=O) groups excluding carboxylic acids is 1. The van der Waals surface area contributed by atoms with Crippen LogP contribution in [0.1, 0.15) is 123 Å². The molecule has 168 valence electrons. The van der Waals surface area contributed by atoms with E-state index in [4.69, 9.17) is 9.47 Å². The monoisotopic (exact) mass is 400 g/mol. The summed E-state index contributed by atoms with van der Waals surface area (Å²) in [5, 5.41) is 9.37. The third-order valence-corrected chi connectivity index (χ3v) is 5.18. The van der Waals surface area contributed by atoms with Crippen molar-refractivity contribution >= 4 is 5.97 Å². The molecule has 28 heavy (non-hydrogen) atoms. The fraction of sp³-hybridized carbons (Fsp3) is 0.958. The summed E-state index contributed by atoms with van der Waals surface area (Å²) in [7, 11) is 0. The van der Waals surface area contributed by atoms with Gasteiger partial charge >= 0.3 is 5.97 Å². The van der Waals surface area contributed by atoms with Crippen molar-refractivity contribution < 1.29 is 19.4 Å².